The first-order valence-electron chi connectivity index (χ1n) is 28.0. The van der Waals surface area contributed by atoms with Crippen molar-refractivity contribution < 1.29 is 28.6 Å². The molecule has 69 heavy (non-hydrogen) atoms. The van der Waals surface area contributed by atoms with Crippen LogP contribution in [0.3, 0.4) is 0 Å². The number of ether oxygens (including phenoxy) is 3. The number of rotatable bonds is 49. The third-order valence-electron chi connectivity index (χ3n) is 11.4. The maximum absolute atomic E-state index is 12.9. The minimum Gasteiger partial charge on any atom is -0.462 e. The highest BCUT2D eigenvalue weighted by molar-refractivity contribution is 5.71. The molecule has 0 spiro atoms. The van der Waals surface area contributed by atoms with E-state index in [1.165, 1.54) is 38.5 Å². The van der Waals surface area contributed by atoms with E-state index in [0.29, 0.717) is 19.3 Å². The van der Waals surface area contributed by atoms with Gasteiger partial charge < -0.3 is 14.2 Å². The van der Waals surface area contributed by atoms with Crippen molar-refractivity contribution in [2.75, 3.05) is 13.2 Å². The molecule has 0 aliphatic rings. The Hall–Kier alpha value is -4.19. The molecule has 0 amide bonds. The Kier molecular flexibility index (Phi) is 53.0. The SMILES string of the molecule is CC/C=C\C/C=C\C/C=C\C/C=C\CCCCCCCCC(=O)OCC(COC(=O)CCCCCCCC/C=C\C/C=C\C/C=C\CC)OC(=O)CCCCCCCC/C=C\C/C=C\C/C=C\CC. The van der Waals surface area contributed by atoms with E-state index >= 15 is 0 Å². The molecule has 0 saturated carbocycles. The molecule has 1 atom stereocenters. The first-order valence-corrected chi connectivity index (χ1v) is 28.0. The topological polar surface area (TPSA) is 78.9 Å². The Morgan fingerprint density at radius 3 is 0.812 bits per heavy atom. The first kappa shape index (κ1) is 64.8. The molecule has 6 nitrogen and oxygen atoms in total. The molecule has 0 bridgehead atoms. The summed E-state index contributed by atoms with van der Waals surface area (Å²) >= 11 is 0. The molecular formula is C63H102O6. The molecule has 1 unspecified atom stereocenters. The Morgan fingerprint density at radius 2 is 0.522 bits per heavy atom. The zero-order valence-corrected chi connectivity index (χ0v) is 44.5. The average molecular weight is 956 g/mol. The van der Waals surface area contributed by atoms with Gasteiger partial charge in [-0.05, 0) is 122 Å². The highest BCUT2D eigenvalue weighted by atomic mass is 16.6. The molecule has 0 aromatic heterocycles. The van der Waals surface area contributed by atoms with E-state index in [4.69, 9.17) is 14.2 Å². The van der Waals surface area contributed by atoms with Crippen LogP contribution in [0.2, 0.25) is 0 Å². The molecule has 0 heterocycles. The van der Waals surface area contributed by atoms with E-state index in [0.717, 1.165) is 161 Å². The zero-order chi connectivity index (χ0) is 50.0. The maximum Gasteiger partial charge on any atom is 0.306 e. The van der Waals surface area contributed by atoms with E-state index in [2.05, 4.69) is 142 Å². The molecule has 0 aromatic rings. The van der Waals surface area contributed by atoms with Crippen molar-refractivity contribution in [2.45, 2.75) is 245 Å². The third-order valence-corrected chi connectivity index (χ3v) is 11.4. The second-order valence-electron chi connectivity index (χ2n) is 18.0. The zero-order valence-electron chi connectivity index (χ0n) is 44.5. The molecule has 0 rings (SSSR count). The maximum atomic E-state index is 12.9. The Balaban J connectivity index is 4.47. The molecule has 0 aromatic carbocycles. The summed E-state index contributed by atoms with van der Waals surface area (Å²) in [6, 6.07) is 0. The Labute approximate surface area is 424 Å². The second-order valence-corrected chi connectivity index (χ2v) is 18.0. The molecule has 0 N–H and O–H groups in total. The van der Waals surface area contributed by atoms with E-state index in [1.54, 1.807) is 0 Å². The lowest BCUT2D eigenvalue weighted by atomic mass is 10.1. The minimum atomic E-state index is -0.801. The highest BCUT2D eigenvalue weighted by Gasteiger charge is 2.19. The summed E-state index contributed by atoms with van der Waals surface area (Å²) in [5.74, 6) is -0.939. The van der Waals surface area contributed by atoms with Gasteiger partial charge in [-0.3, -0.25) is 14.4 Å². The van der Waals surface area contributed by atoms with Crippen molar-refractivity contribution in [3.8, 4) is 0 Å². The van der Waals surface area contributed by atoms with Gasteiger partial charge in [-0.2, -0.15) is 0 Å². The molecule has 390 valence electrons. The van der Waals surface area contributed by atoms with Crippen LogP contribution in [-0.4, -0.2) is 37.2 Å². The fourth-order valence-corrected chi connectivity index (χ4v) is 7.34. The van der Waals surface area contributed by atoms with Crippen LogP contribution >= 0.6 is 0 Å². The molecule has 6 heteroatoms. The van der Waals surface area contributed by atoms with Crippen LogP contribution in [0.1, 0.15) is 239 Å². The van der Waals surface area contributed by atoms with Gasteiger partial charge in [-0.25, -0.2) is 0 Å². The number of hydrogen-bond donors (Lipinski definition) is 0. The summed E-state index contributed by atoms with van der Waals surface area (Å²) < 4.78 is 16.8. The number of allylic oxidation sites excluding steroid dienone is 20. The van der Waals surface area contributed by atoms with Crippen molar-refractivity contribution >= 4 is 17.9 Å². The van der Waals surface area contributed by atoms with Crippen LogP contribution in [0.15, 0.2) is 122 Å². The van der Waals surface area contributed by atoms with E-state index < -0.39 is 6.10 Å². The minimum absolute atomic E-state index is 0.0982. The van der Waals surface area contributed by atoms with Crippen LogP contribution in [0.5, 0.6) is 0 Å². The molecule has 0 aliphatic heterocycles. The van der Waals surface area contributed by atoms with Gasteiger partial charge in [0.2, 0.25) is 0 Å². The van der Waals surface area contributed by atoms with Crippen LogP contribution in [0.25, 0.3) is 0 Å². The number of unbranched alkanes of at least 4 members (excludes halogenated alkanes) is 18. The predicted octanol–water partition coefficient (Wildman–Crippen LogP) is 18.9. The van der Waals surface area contributed by atoms with Crippen LogP contribution in [0.4, 0.5) is 0 Å². The fraction of sp³-hybridized carbons (Fsp3) is 0.635. The standard InChI is InChI=1S/C63H102O6/c1-4-7-10-13-16-19-22-25-28-31-32-33-36-38-41-44-47-50-53-56-62(65)68-59-60(69-63(66)57-54-51-48-45-42-39-35-30-27-24-21-18-15-12-9-6-3)58-67-61(64)55-52-49-46-43-40-37-34-29-26-23-20-17-14-11-8-5-2/h7-12,16-21,25-30,32-33,60H,4-6,13-15,22-24,31,34-59H2,1-3H3/b10-7-,11-8-,12-9-,19-16-,20-17-,21-18-,28-25-,29-26-,30-27-,33-32-. The van der Waals surface area contributed by atoms with Gasteiger partial charge in [-0.15, -0.1) is 0 Å². The van der Waals surface area contributed by atoms with E-state index in [9.17, 15) is 14.4 Å². The summed E-state index contributed by atoms with van der Waals surface area (Å²) in [4.78, 5) is 38.2. The number of hydrogen-bond acceptors (Lipinski definition) is 6. The lowest BCUT2D eigenvalue weighted by molar-refractivity contribution is -0.167. The van der Waals surface area contributed by atoms with Crippen LogP contribution < -0.4 is 0 Å². The molecule has 0 saturated heterocycles. The fourth-order valence-electron chi connectivity index (χ4n) is 7.34. The highest BCUT2D eigenvalue weighted by Crippen LogP contribution is 2.14. The van der Waals surface area contributed by atoms with Gasteiger partial charge in [0, 0.05) is 19.3 Å². The molecule has 0 aliphatic carbocycles. The third kappa shape index (κ3) is 54.6. The monoisotopic (exact) mass is 955 g/mol. The average Bonchev–Trinajstić information content (AvgIpc) is 3.35. The first-order chi connectivity index (χ1) is 34.0. The normalized spacial score (nSPS) is 13.0. The van der Waals surface area contributed by atoms with Crippen molar-refractivity contribution in [3.63, 3.8) is 0 Å². The summed E-state index contributed by atoms with van der Waals surface area (Å²) in [6.45, 7) is 6.27. The lowest BCUT2D eigenvalue weighted by Crippen LogP contribution is -2.30. The van der Waals surface area contributed by atoms with Crippen molar-refractivity contribution in [3.05, 3.63) is 122 Å². The summed E-state index contributed by atoms with van der Waals surface area (Å²) in [5, 5.41) is 0. The number of esters is 3. The summed E-state index contributed by atoms with van der Waals surface area (Å²) in [5.41, 5.74) is 0. The molecule has 0 fully saturated rings. The quantitative estimate of drug-likeness (QED) is 0.0262. The van der Waals surface area contributed by atoms with Crippen molar-refractivity contribution in [1.29, 1.82) is 0 Å². The van der Waals surface area contributed by atoms with Gasteiger partial charge in [0.15, 0.2) is 6.10 Å². The van der Waals surface area contributed by atoms with Crippen molar-refractivity contribution in [2.24, 2.45) is 0 Å². The number of carbonyl (C=O) groups is 3. The summed E-state index contributed by atoms with van der Waals surface area (Å²) in [7, 11) is 0. The van der Waals surface area contributed by atoms with Crippen LogP contribution in [-0.2, 0) is 28.6 Å². The van der Waals surface area contributed by atoms with Crippen LogP contribution in [0, 0.1) is 0 Å². The largest absolute Gasteiger partial charge is 0.462 e. The second kappa shape index (κ2) is 56.4. The molecule has 0 radical (unpaired) electrons. The van der Waals surface area contributed by atoms with Crippen molar-refractivity contribution in [1.82, 2.24) is 0 Å². The van der Waals surface area contributed by atoms with Gasteiger partial charge in [-0.1, -0.05) is 219 Å². The van der Waals surface area contributed by atoms with Gasteiger partial charge in [0.1, 0.15) is 13.2 Å². The Morgan fingerprint density at radius 1 is 0.290 bits per heavy atom. The van der Waals surface area contributed by atoms with Gasteiger partial charge in [0.05, 0.1) is 0 Å². The number of carbonyl (C=O) groups excluding carboxylic acids is 3. The predicted molar refractivity (Wildman–Crippen MR) is 297 cm³/mol. The van der Waals surface area contributed by atoms with E-state index in [-0.39, 0.29) is 31.1 Å². The van der Waals surface area contributed by atoms with Gasteiger partial charge >= 0.3 is 17.9 Å². The summed E-state index contributed by atoms with van der Waals surface area (Å²) in [6.07, 6.45) is 77.5. The smallest absolute Gasteiger partial charge is 0.306 e. The molecular weight excluding hydrogens is 853 g/mol. The van der Waals surface area contributed by atoms with E-state index in [1.807, 2.05) is 0 Å². The lowest BCUT2D eigenvalue weighted by Gasteiger charge is -2.18. The Bertz CT molecular complexity index is 1470. The van der Waals surface area contributed by atoms with Gasteiger partial charge in [0.25, 0.3) is 0 Å².